The summed E-state index contributed by atoms with van der Waals surface area (Å²) >= 11 is 5.43. The minimum absolute atomic E-state index is 0.363. The van der Waals surface area contributed by atoms with Gasteiger partial charge in [-0.3, -0.25) is 0 Å². The molecule has 4 heteroatoms. The molecule has 1 N–H and O–H groups in total. The van der Waals surface area contributed by atoms with Gasteiger partial charge in [0.15, 0.2) is 4.77 Å². The van der Waals surface area contributed by atoms with Gasteiger partial charge in [0.1, 0.15) is 0 Å². The first-order chi connectivity index (χ1) is 9.67. The molecule has 0 fully saturated rings. The Kier molecular flexibility index (Phi) is 4.97. The topological polar surface area (TPSA) is 44.5 Å². The van der Waals surface area contributed by atoms with Crippen LogP contribution in [-0.4, -0.2) is 9.55 Å². The van der Waals surface area contributed by atoms with Gasteiger partial charge in [0.25, 0.3) is 0 Å². The van der Waals surface area contributed by atoms with E-state index in [-0.39, 0.29) is 0 Å². The number of benzene rings is 1. The van der Waals surface area contributed by atoms with Gasteiger partial charge in [0, 0.05) is 6.04 Å². The molecule has 0 saturated heterocycles. The van der Waals surface area contributed by atoms with Gasteiger partial charge in [-0.05, 0) is 43.8 Å². The lowest BCUT2D eigenvalue weighted by Crippen LogP contribution is -2.05. The molecule has 1 aromatic heterocycles. The number of hydrogen-bond donors (Lipinski definition) is 1. The van der Waals surface area contributed by atoms with E-state index in [1.807, 2.05) is 18.2 Å². The number of nitriles is 1. The van der Waals surface area contributed by atoms with Gasteiger partial charge in [0.2, 0.25) is 0 Å². The van der Waals surface area contributed by atoms with Crippen LogP contribution in [0, 0.1) is 16.1 Å². The zero-order valence-electron chi connectivity index (χ0n) is 12.1. The van der Waals surface area contributed by atoms with E-state index in [2.05, 4.69) is 29.5 Å². The van der Waals surface area contributed by atoms with E-state index in [4.69, 9.17) is 17.5 Å². The Bertz CT molecular complexity index is 675. The van der Waals surface area contributed by atoms with Crippen molar-refractivity contribution < 1.29 is 0 Å². The van der Waals surface area contributed by atoms with Gasteiger partial charge in [0.05, 0.1) is 22.7 Å². The van der Waals surface area contributed by atoms with Crippen molar-refractivity contribution >= 4 is 23.3 Å². The predicted molar refractivity (Wildman–Crippen MR) is 85.3 cm³/mol. The smallest absolute Gasteiger partial charge is 0.178 e. The zero-order valence-corrected chi connectivity index (χ0v) is 13.0. The number of H-pyrrole nitrogens is 1. The van der Waals surface area contributed by atoms with E-state index < -0.39 is 0 Å². The molecule has 1 aromatic carbocycles. The first-order valence-corrected chi connectivity index (χ1v) is 7.72. The predicted octanol–water partition coefficient (Wildman–Crippen LogP) is 5.10. The molecule has 2 aromatic rings. The van der Waals surface area contributed by atoms with Crippen LogP contribution in [0.15, 0.2) is 18.2 Å². The Hall–Kier alpha value is -1.60. The maximum absolute atomic E-state index is 9.04. The summed E-state index contributed by atoms with van der Waals surface area (Å²) in [6.45, 7) is 4.43. The lowest BCUT2D eigenvalue weighted by molar-refractivity contribution is 0.478. The van der Waals surface area contributed by atoms with Crippen molar-refractivity contribution in [3.8, 4) is 6.07 Å². The van der Waals surface area contributed by atoms with Crippen LogP contribution in [0.3, 0.4) is 0 Å². The lowest BCUT2D eigenvalue weighted by atomic mass is 10.1. The summed E-state index contributed by atoms with van der Waals surface area (Å²) in [5, 5.41) is 9.04. The van der Waals surface area contributed by atoms with Gasteiger partial charge in [-0.15, -0.1) is 0 Å². The number of nitrogens with zero attached hydrogens (tertiary/aromatic N) is 2. The van der Waals surface area contributed by atoms with Crippen LogP contribution in [0.1, 0.15) is 57.6 Å². The van der Waals surface area contributed by atoms with Gasteiger partial charge in [-0.2, -0.15) is 5.26 Å². The highest BCUT2D eigenvalue weighted by Crippen LogP contribution is 2.24. The SMILES string of the molecule is CCCCCCC(C)n1c(=S)[nH]c2ccc(C#N)cc21. The summed E-state index contributed by atoms with van der Waals surface area (Å²) in [6.07, 6.45) is 6.18. The first kappa shape index (κ1) is 14.8. The molecule has 0 bridgehead atoms. The molecule has 0 aliphatic heterocycles. The average Bonchev–Trinajstić information content (AvgIpc) is 2.78. The molecule has 0 saturated carbocycles. The van der Waals surface area contributed by atoms with Crippen LogP contribution in [0.25, 0.3) is 11.0 Å². The number of aromatic amines is 1. The van der Waals surface area contributed by atoms with Crippen molar-refractivity contribution in [3.63, 3.8) is 0 Å². The Morgan fingerprint density at radius 1 is 1.35 bits per heavy atom. The molecule has 3 nitrogen and oxygen atoms in total. The van der Waals surface area contributed by atoms with E-state index in [9.17, 15) is 0 Å². The second-order valence-corrected chi connectivity index (χ2v) is 5.73. The Morgan fingerprint density at radius 3 is 2.85 bits per heavy atom. The summed E-state index contributed by atoms with van der Waals surface area (Å²) in [4.78, 5) is 3.23. The lowest BCUT2D eigenvalue weighted by Gasteiger charge is -2.14. The van der Waals surface area contributed by atoms with Gasteiger partial charge in [-0.1, -0.05) is 32.6 Å². The largest absolute Gasteiger partial charge is 0.331 e. The fraction of sp³-hybridized carbons (Fsp3) is 0.500. The summed E-state index contributed by atoms with van der Waals surface area (Å²) in [5.41, 5.74) is 2.73. The fourth-order valence-corrected chi connectivity index (χ4v) is 3.01. The first-order valence-electron chi connectivity index (χ1n) is 7.31. The van der Waals surface area contributed by atoms with Crippen molar-refractivity contribution in [1.29, 1.82) is 5.26 Å². The van der Waals surface area contributed by atoms with E-state index in [1.54, 1.807) is 0 Å². The minimum atomic E-state index is 0.363. The fourth-order valence-electron chi connectivity index (χ4n) is 2.62. The second kappa shape index (κ2) is 6.71. The van der Waals surface area contributed by atoms with Crippen molar-refractivity contribution in [3.05, 3.63) is 28.5 Å². The highest BCUT2D eigenvalue weighted by atomic mass is 32.1. The van der Waals surface area contributed by atoms with Crippen molar-refractivity contribution in [1.82, 2.24) is 9.55 Å². The molecular weight excluding hydrogens is 266 g/mol. The summed E-state index contributed by atoms with van der Waals surface area (Å²) in [5.74, 6) is 0. The maximum atomic E-state index is 9.04. The maximum Gasteiger partial charge on any atom is 0.178 e. The molecule has 0 aliphatic rings. The molecule has 1 atom stereocenters. The van der Waals surface area contributed by atoms with Crippen molar-refractivity contribution in [2.24, 2.45) is 0 Å². The number of nitrogens with one attached hydrogen (secondary N) is 1. The molecule has 0 amide bonds. The van der Waals surface area contributed by atoms with Crippen LogP contribution in [0.2, 0.25) is 0 Å². The summed E-state index contributed by atoms with van der Waals surface area (Å²) < 4.78 is 2.90. The third-order valence-electron chi connectivity index (χ3n) is 3.76. The van der Waals surface area contributed by atoms with Crippen LogP contribution in [-0.2, 0) is 0 Å². The molecule has 0 spiro atoms. The van der Waals surface area contributed by atoms with Gasteiger partial charge < -0.3 is 9.55 Å². The minimum Gasteiger partial charge on any atom is -0.331 e. The number of fused-ring (bicyclic) bond motifs is 1. The Labute approximate surface area is 125 Å². The molecule has 1 unspecified atom stereocenters. The molecule has 1 heterocycles. The number of hydrogen-bond acceptors (Lipinski definition) is 2. The van der Waals surface area contributed by atoms with Gasteiger partial charge >= 0.3 is 0 Å². The van der Waals surface area contributed by atoms with Crippen LogP contribution >= 0.6 is 12.2 Å². The van der Waals surface area contributed by atoms with E-state index in [0.29, 0.717) is 11.6 Å². The Balaban J connectivity index is 2.26. The average molecular weight is 287 g/mol. The molecule has 0 aliphatic carbocycles. The van der Waals surface area contributed by atoms with E-state index >= 15 is 0 Å². The highest BCUT2D eigenvalue weighted by Gasteiger charge is 2.11. The van der Waals surface area contributed by atoms with Crippen molar-refractivity contribution in [2.45, 2.75) is 52.0 Å². The third kappa shape index (κ3) is 3.10. The summed E-state index contributed by atoms with van der Waals surface area (Å²) in [6, 6.07) is 8.23. The highest BCUT2D eigenvalue weighted by molar-refractivity contribution is 7.71. The van der Waals surface area contributed by atoms with Crippen molar-refractivity contribution in [2.75, 3.05) is 0 Å². The normalized spacial score (nSPS) is 12.4. The molecular formula is C16H21N3S. The standard InChI is InChI=1S/C16H21N3S/c1-3-4-5-6-7-12(2)19-15-10-13(11-17)8-9-14(15)18-16(19)20/h8-10,12H,3-7H2,1-2H3,(H,18,20). The molecule has 2 rings (SSSR count). The second-order valence-electron chi connectivity index (χ2n) is 5.34. The van der Waals surface area contributed by atoms with Crippen LogP contribution < -0.4 is 0 Å². The molecule has 0 radical (unpaired) electrons. The monoisotopic (exact) mass is 287 g/mol. The number of unbranched alkanes of at least 4 members (excludes halogenated alkanes) is 3. The molecule has 106 valence electrons. The molecule has 20 heavy (non-hydrogen) atoms. The third-order valence-corrected chi connectivity index (χ3v) is 4.06. The number of aromatic nitrogens is 2. The number of rotatable bonds is 6. The van der Waals surface area contributed by atoms with E-state index in [1.165, 1.54) is 25.7 Å². The summed E-state index contributed by atoms with van der Waals surface area (Å²) in [7, 11) is 0. The van der Waals surface area contributed by atoms with Crippen LogP contribution in [0.5, 0.6) is 0 Å². The zero-order chi connectivity index (χ0) is 14.5. The number of imidazole rings is 1. The quantitative estimate of drug-likeness (QED) is 0.593. The Morgan fingerprint density at radius 2 is 2.15 bits per heavy atom. The van der Waals surface area contributed by atoms with Gasteiger partial charge in [-0.25, -0.2) is 0 Å². The van der Waals surface area contributed by atoms with Crippen LogP contribution in [0.4, 0.5) is 0 Å². The van der Waals surface area contributed by atoms with E-state index in [0.717, 1.165) is 22.2 Å².